The van der Waals surface area contributed by atoms with Gasteiger partial charge < -0.3 is 5.32 Å². The number of imide groups is 1. The van der Waals surface area contributed by atoms with Gasteiger partial charge in [0, 0.05) is 6.54 Å². The second kappa shape index (κ2) is 4.21. The summed E-state index contributed by atoms with van der Waals surface area (Å²) in [5.74, 6) is 0.228. The largest absolute Gasteiger partial charge is 0.325 e. The van der Waals surface area contributed by atoms with Crippen LogP contribution in [-0.2, 0) is 4.79 Å². The number of carbonyl (C=O) groups is 2. The lowest BCUT2D eigenvalue weighted by atomic mass is 9.96. The number of nitrogens with zero attached hydrogens (tertiary/aromatic N) is 1. The van der Waals surface area contributed by atoms with Crippen molar-refractivity contribution in [3.05, 3.63) is 0 Å². The second-order valence-electron chi connectivity index (χ2n) is 4.82. The van der Waals surface area contributed by atoms with Gasteiger partial charge in [0.05, 0.1) is 0 Å². The van der Waals surface area contributed by atoms with Gasteiger partial charge in [0.25, 0.3) is 5.91 Å². The van der Waals surface area contributed by atoms with Gasteiger partial charge in [-0.15, -0.1) is 0 Å². The van der Waals surface area contributed by atoms with Crippen LogP contribution in [0, 0.1) is 5.92 Å². The van der Waals surface area contributed by atoms with Crippen molar-refractivity contribution in [2.75, 3.05) is 6.54 Å². The van der Waals surface area contributed by atoms with Gasteiger partial charge in [0.1, 0.15) is 5.54 Å². The van der Waals surface area contributed by atoms with Crippen LogP contribution in [0.2, 0.25) is 0 Å². The predicted molar refractivity (Wildman–Crippen MR) is 58.4 cm³/mol. The Hall–Kier alpha value is -1.06. The molecule has 1 saturated heterocycles. The lowest BCUT2D eigenvalue weighted by Crippen LogP contribution is -2.43. The summed E-state index contributed by atoms with van der Waals surface area (Å²) in [6.45, 7) is 8.31. The minimum Gasteiger partial charge on any atom is -0.323 e. The first-order valence-electron chi connectivity index (χ1n) is 5.55. The van der Waals surface area contributed by atoms with E-state index in [9.17, 15) is 9.59 Å². The molecule has 4 heteroatoms. The third kappa shape index (κ3) is 2.30. The van der Waals surface area contributed by atoms with Gasteiger partial charge in [-0.05, 0) is 19.3 Å². The number of nitrogens with one attached hydrogen (secondary N) is 1. The molecule has 15 heavy (non-hydrogen) atoms. The zero-order valence-corrected chi connectivity index (χ0v) is 9.96. The summed E-state index contributed by atoms with van der Waals surface area (Å²) in [7, 11) is 0. The molecule has 1 rings (SSSR count). The Bertz CT molecular complexity index is 276. The van der Waals surface area contributed by atoms with Crippen LogP contribution in [0.5, 0.6) is 0 Å². The van der Waals surface area contributed by atoms with Gasteiger partial charge in [-0.3, -0.25) is 9.69 Å². The number of urea groups is 1. The third-order valence-electron chi connectivity index (χ3n) is 2.64. The van der Waals surface area contributed by atoms with Gasteiger partial charge in [-0.1, -0.05) is 27.2 Å². The molecule has 1 fully saturated rings. The van der Waals surface area contributed by atoms with Crippen molar-refractivity contribution < 1.29 is 9.59 Å². The van der Waals surface area contributed by atoms with Crippen LogP contribution in [0.4, 0.5) is 4.79 Å². The lowest BCUT2D eigenvalue weighted by molar-refractivity contribution is -0.131. The van der Waals surface area contributed by atoms with Gasteiger partial charge in [-0.2, -0.15) is 0 Å². The van der Waals surface area contributed by atoms with Crippen molar-refractivity contribution in [3.8, 4) is 0 Å². The first kappa shape index (κ1) is 12.0. The second-order valence-corrected chi connectivity index (χ2v) is 4.82. The topological polar surface area (TPSA) is 49.4 Å². The van der Waals surface area contributed by atoms with E-state index in [1.54, 1.807) is 6.92 Å². The number of hydrogen-bond acceptors (Lipinski definition) is 2. The SMILES string of the molecule is CCCC1(C)NC(=O)N(CC(C)C)C1=O. The van der Waals surface area contributed by atoms with E-state index in [2.05, 4.69) is 5.32 Å². The first-order valence-corrected chi connectivity index (χ1v) is 5.55. The maximum Gasteiger partial charge on any atom is 0.325 e. The Balaban J connectivity index is 2.78. The normalized spacial score (nSPS) is 26.3. The number of amides is 3. The minimum atomic E-state index is -0.680. The average Bonchev–Trinajstić information content (AvgIpc) is 2.30. The zero-order chi connectivity index (χ0) is 11.6. The summed E-state index contributed by atoms with van der Waals surface area (Å²) in [5, 5.41) is 2.77. The molecule has 3 amide bonds. The Morgan fingerprint density at radius 2 is 2.00 bits per heavy atom. The van der Waals surface area contributed by atoms with Crippen molar-refractivity contribution in [1.82, 2.24) is 10.2 Å². The molecule has 0 aromatic heterocycles. The van der Waals surface area contributed by atoms with Crippen LogP contribution < -0.4 is 5.32 Å². The molecule has 0 bridgehead atoms. The minimum absolute atomic E-state index is 0.0805. The van der Waals surface area contributed by atoms with E-state index in [0.717, 1.165) is 6.42 Å². The molecular weight excluding hydrogens is 192 g/mol. The first-order chi connectivity index (χ1) is 6.90. The summed E-state index contributed by atoms with van der Waals surface area (Å²) in [4.78, 5) is 24.9. The molecule has 0 saturated carbocycles. The molecule has 0 aromatic rings. The quantitative estimate of drug-likeness (QED) is 0.722. The fourth-order valence-electron chi connectivity index (χ4n) is 1.95. The van der Waals surface area contributed by atoms with E-state index in [1.807, 2.05) is 20.8 Å². The van der Waals surface area contributed by atoms with E-state index < -0.39 is 5.54 Å². The smallest absolute Gasteiger partial charge is 0.323 e. The molecule has 86 valence electrons. The zero-order valence-electron chi connectivity index (χ0n) is 9.96. The molecule has 1 aliphatic rings. The lowest BCUT2D eigenvalue weighted by Gasteiger charge is -2.21. The van der Waals surface area contributed by atoms with E-state index in [4.69, 9.17) is 0 Å². The fourth-order valence-corrected chi connectivity index (χ4v) is 1.95. The van der Waals surface area contributed by atoms with Crippen LogP contribution in [-0.4, -0.2) is 28.9 Å². The average molecular weight is 212 g/mol. The van der Waals surface area contributed by atoms with Gasteiger partial charge in [-0.25, -0.2) is 4.79 Å². The van der Waals surface area contributed by atoms with Crippen molar-refractivity contribution in [1.29, 1.82) is 0 Å². The van der Waals surface area contributed by atoms with Crippen LogP contribution >= 0.6 is 0 Å². The molecule has 4 nitrogen and oxygen atoms in total. The van der Waals surface area contributed by atoms with Crippen molar-refractivity contribution >= 4 is 11.9 Å². The Kier molecular flexibility index (Phi) is 3.37. The van der Waals surface area contributed by atoms with Crippen molar-refractivity contribution in [3.63, 3.8) is 0 Å². The standard InChI is InChI=1S/C11H20N2O2/c1-5-6-11(4)9(14)13(7-8(2)3)10(15)12-11/h8H,5-7H2,1-4H3,(H,12,15). The molecule has 0 radical (unpaired) electrons. The van der Waals surface area contributed by atoms with Crippen molar-refractivity contribution in [2.24, 2.45) is 5.92 Å². The van der Waals surface area contributed by atoms with Crippen LogP contribution in [0.15, 0.2) is 0 Å². The monoisotopic (exact) mass is 212 g/mol. The van der Waals surface area contributed by atoms with E-state index >= 15 is 0 Å². The summed E-state index contributed by atoms with van der Waals surface area (Å²) in [6.07, 6.45) is 1.59. The van der Waals surface area contributed by atoms with Gasteiger partial charge in [0.2, 0.25) is 0 Å². The van der Waals surface area contributed by atoms with E-state index in [-0.39, 0.29) is 11.9 Å². The molecule has 0 aliphatic carbocycles. The van der Waals surface area contributed by atoms with Gasteiger partial charge >= 0.3 is 6.03 Å². The van der Waals surface area contributed by atoms with E-state index in [1.165, 1.54) is 4.90 Å². The summed E-state index contributed by atoms with van der Waals surface area (Å²) >= 11 is 0. The number of rotatable bonds is 4. The Morgan fingerprint density at radius 1 is 1.40 bits per heavy atom. The summed E-state index contributed by atoms with van der Waals surface area (Å²) in [5.41, 5.74) is -0.680. The Morgan fingerprint density at radius 3 is 2.47 bits per heavy atom. The molecule has 1 heterocycles. The van der Waals surface area contributed by atoms with Crippen LogP contribution in [0.3, 0.4) is 0 Å². The highest BCUT2D eigenvalue weighted by molar-refractivity contribution is 6.06. The highest BCUT2D eigenvalue weighted by atomic mass is 16.2. The molecule has 1 aliphatic heterocycles. The Labute approximate surface area is 91.0 Å². The van der Waals surface area contributed by atoms with Gasteiger partial charge in [0.15, 0.2) is 0 Å². The molecule has 1 N–H and O–H groups in total. The summed E-state index contributed by atoms with van der Waals surface area (Å²) < 4.78 is 0. The van der Waals surface area contributed by atoms with E-state index in [0.29, 0.717) is 18.9 Å². The van der Waals surface area contributed by atoms with Crippen molar-refractivity contribution in [2.45, 2.75) is 46.1 Å². The maximum absolute atomic E-state index is 12.0. The third-order valence-corrected chi connectivity index (χ3v) is 2.64. The number of carbonyl (C=O) groups excluding carboxylic acids is 2. The number of hydrogen-bond donors (Lipinski definition) is 1. The molecule has 1 unspecified atom stereocenters. The molecular formula is C11H20N2O2. The van der Waals surface area contributed by atoms with Crippen LogP contribution in [0.1, 0.15) is 40.5 Å². The maximum atomic E-state index is 12.0. The molecule has 1 atom stereocenters. The highest BCUT2D eigenvalue weighted by Gasteiger charge is 2.46. The fraction of sp³-hybridized carbons (Fsp3) is 0.818. The highest BCUT2D eigenvalue weighted by Crippen LogP contribution is 2.23. The predicted octanol–water partition coefficient (Wildman–Crippen LogP) is 1.75. The molecule has 0 spiro atoms. The summed E-state index contributed by atoms with van der Waals surface area (Å²) in [6, 6.07) is -0.246. The molecule has 0 aromatic carbocycles. The van der Waals surface area contributed by atoms with Crippen LogP contribution in [0.25, 0.3) is 0 Å².